The van der Waals surface area contributed by atoms with Crippen LogP contribution in [0.4, 0.5) is 5.69 Å². The molecule has 2 atom stereocenters. The summed E-state index contributed by atoms with van der Waals surface area (Å²) >= 11 is 1.04. The summed E-state index contributed by atoms with van der Waals surface area (Å²) in [7, 11) is 1.20. The highest BCUT2D eigenvalue weighted by atomic mass is 32.2. The van der Waals surface area contributed by atoms with Gasteiger partial charge in [0.05, 0.1) is 36.1 Å². The maximum atomic E-state index is 12.9. The van der Waals surface area contributed by atoms with E-state index in [4.69, 9.17) is 9.47 Å². The smallest absolute Gasteiger partial charge is 0.319 e. The number of carbonyl (C=O) groups is 3. The van der Waals surface area contributed by atoms with Gasteiger partial charge in [-0.2, -0.15) is 5.26 Å². The molecular formula is C26H27N3O5S. The molecule has 2 aromatic rings. The summed E-state index contributed by atoms with van der Waals surface area (Å²) < 4.78 is 10.3. The maximum absolute atomic E-state index is 12.9. The second kappa shape index (κ2) is 12.1. The first-order valence-electron chi connectivity index (χ1n) is 11.2. The Morgan fingerprint density at radius 1 is 1.11 bits per heavy atom. The standard InChI is InChI=1S/C26H27N3O5S/c1-4-16-6-10-18(11-7-16)28-21(30)15-35-25-20(14-27)22(23(24(31)29-25)26(32)33-3)17-8-12-19(13-9-17)34-5-2/h6-13,22-23H,4-5,15H2,1-3H3,(H,28,30)(H,29,31)/t22-,23-/m1/s1. The number of nitrogens with zero attached hydrogens (tertiary/aromatic N) is 1. The fourth-order valence-corrected chi connectivity index (χ4v) is 4.62. The number of ether oxygens (including phenoxy) is 2. The number of benzene rings is 2. The number of aryl methyl sites for hydroxylation is 1. The highest BCUT2D eigenvalue weighted by Crippen LogP contribution is 2.40. The molecule has 0 fully saturated rings. The largest absolute Gasteiger partial charge is 0.494 e. The number of rotatable bonds is 9. The van der Waals surface area contributed by atoms with Crippen LogP contribution >= 0.6 is 11.8 Å². The van der Waals surface area contributed by atoms with Gasteiger partial charge in [-0.3, -0.25) is 14.4 Å². The number of nitriles is 1. The minimum atomic E-state index is -1.23. The van der Waals surface area contributed by atoms with E-state index in [2.05, 4.69) is 23.6 Å². The lowest BCUT2D eigenvalue weighted by molar-refractivity contribution is -0.150. The van der Waals surface area contributed by atoms with Crippen LogP contribution in [0, 0.1) is 17.2 Å². The highest BCUT2D eigenvalue weighted by molar-refractivity contribution is 8.03. The summed E-state index contributed by atoms with van der Waals surface area (Å²) in [5.41, 5.74) is 2.60. The second-order valence-electron chi connectivity index (χ2n) is 7.71. The zero-order valence-corrected chi connectivity index (χ0v) is 20.6. The number of esters is 1. The van der Waals surface area contributed by atoms with Gasteiger partial charge in [-0.25, -0.2) is 0 Å². The number of thioether (sulfide) groups is 1. The van der Waals surface area contributed by atoms with Gasteiger partial charge in [0.1, 0.15) is 11.7 Å². The van der Waals surface area contributed by atoms with Gasteiger partial charge in [0.25, 0.3) is 0 Å². The van der Waals surface area contributed by atoms with Crippen molar-refractivity contribution in [3.8, 4) is 11.8 Å². The maximum Gasteiger partial charge on any atom is 0.319 e. The summed E-state index contributed by atoms with van der Waals surface area (Å²) in [5.74, 6) is -3.11. The molecule has 2 amide bonds. The molecule has 0 bridgehead atoms. The summed E-state index contributed by atoms with van der Waals surface area (Å²) in [6.07, 6.45) is 0.900. The lowest BCUT2D eigenvalue weighted by atomic mass is 9.78. The van der Waals surface area contributed by atoms with Crippen LogP contribution in [0.15, 0.2) is 59.1 Å². The molecule has 0 aliphatic carbocycles. The zero-order chi connectivity index (χ0) is 25.4. The third-order valence-corrected chi connectivity index (χ3v) is 6.54. The molecule has 1 aliphatic heterocycles. The SMILES string of the molecule is CCOc1ccc([C@@H]2C(C#N)=C(SCC(=O)Nc3ccc(CC)cc3)NC(=O)[C@@H]2C(=O)OC)cc1. The molecule has 2 N–H and O–H groups in total. The Balaban J connectivity index is 1.85. The lowest BCUT2D eigenvalue weighted by Gasteiger charge is -2.31. The number of nitrogens with one attached hydrogen (secondary N) is 2. The fourth-order valence-electron chi connectivity index (χ4n) is 3.78. The van der Waals surface area contributed by atoms with E-state index in [1.165, 1.54) is 7.11 Å². The Bertz CT molecular complexity index is 1150. The van der Waals surface area contributed by atoms with Gasteiger partial charge in [-0.05, 0) is 48.7 Å². The van der Waals surface area contributed by atoms with Crippen LogP contribution in [0.1, 0.15) is 30.9 Å². The van der Waals surface area contributed by atoms with Crippen molar-refractivity contribution in [1.82, 2.24) is 5.32 Å². The molecule has 0 saturated heterocycles. The van der Waals surface area contributed by atoms with Gasteiger partial charge < -0.3 is 20.1 Å². The molecule has 0 aromatic heterocycles. The summed E-state index contributed by atoms with van der Waals surface area (Å²) in [4.78, 5) is 37.9. The van der Waals surface area contributed by atoms with Crippen LogP contribution in [-0.2, 0) is 25.5 Å². The fraction of sp³-hybridized carbons (Fsp3) is 0.308. The third kappa shape index (κ3) is 6.22. The van der Waals surface area contributed by atoms with E-state index in [0.29, 0.717) is 23.6 Å². The number of carbonyl (C=O) groups excluding carboxylic acids is 3. The number of amides is 2. The van der Waals surface area contributed by atoms with Crippen LogP contribution in [-0.4, -0.2) is 37.3 Å². The first-order valence-corrected chi connectivity index (χ1v) is 12.2. The Kier molecular flexibility index (Phi) is 8.92. The first kappa shape index (κ1) is 25.8. The van der Waals surface area contributed by atoms with Crippen molar-refractivity contribution in [2.75, 3.05) is 24.8 Å². The van der Waals surface area contributed by atoms with Gasteiger partial charge in [0.15, 0.2) is 0 Å². The van der Waals surface area contributed by atoms with Gasteiger partial charge in [0, 0.05) is 11.6 Å². The van der Waals surface area contributed by atoms with Gasteiger partial charge in [0.2, 0.25) is 11.8 Å². The van der Waals surface area contributed by atoms with Crippen molar-refractivity contribution < 1.29 is 23.9 Å². The van der Waals surface area contributed by atoms with Gasteiger partial charge in [-0.15, -0.1) is 0 Å². The molecule has 0 saturated carbocycles. The Morgan fingerprint density at radius 3 is 2.37 bits per heavy atom. The predicted octanol–water partition coefficient (Wildman–Crippen LogP) is 3.76. The number of anilines is 1. The van der Waals surface area contributed by atoms with E-state index in [1.807, 2.05) is 31.2 Å². The molecule has 8 nitrogen and oxygen atoms in total. The van der Waals surface area contributed by atoms with E-state index in [1.54, 1.807) is 24.3 Å². The molecule has 2 aromatic carbocycles. The van der Waals surface area contributed by atoms with Crippen molar-refractivity contribution >= 4 is 35.2 Å². The second-order valence-corrected chi connectivity index (χ2v) is 8.70. The van der Waals surface area contributed by atoms with Crippen LogP contribution in [0.5, 0.6) is 5.75 Å². The molecule has 35 heavy (non-hydrogen) atoms. The molecular weight excluding hydrogens is 466 g/mol. The Hall–Kier alpha value is -3.77. The summed E-state index contributed by atoms with van der Waals surface area (Å²) in [5, 5.41) is 15.7. The average Bonchev–Trinajstić information content (AvgIpc) is 2.87. The van der Waals surface area contributed by atoms with Crippen molar-refractivity contribution in [3.63, 3.8) is 0 Å². The zero-order valence-electron chi connectivity index (χ0n) is 19.8. The van der Waals surface area contributed by atoms with Crippen molar-refractivity contribution in [1.29, 1.82) is 5.26 Å². The number of methoxy groups -OCH3 is 1. The molecule has 182 valence electrons. The van der Waals surface area contributed by atoms with E-state index in [0.717, 1.165) is 23.7 Å². The minimum absolute atomic E-state index is 0.0325. The molecule has 3 rings (SSSR count). The highest BCUT2D eigenvalue weighted by Gasteiger charge is 2.44. The normalized spacial score (nSPS) is 17.3. The predicted molar refractivity (Wildman–Crippen MR) is 134 cm³/mol. The summed E-state index contributed by atoms with van der Waals surface area (Å²) in [6, 6.07) is 16.5. The van der Waals surface area contributed by atoms with Gasteiger partial charge >= 0.3 is 5.97 Å². The Morgan fingerprint density at radius 2 is 1.80 bits per heavy atom. The molecule has 0 unspecified atom stereocenters. The average molecular weight is 494 g/mol. The van der Waals surface area contributed by atoms with E-state index in [9.17, 15) is 19.6 Å². The molecule has 0 spiro atoms. The summed E-state index contributed by atoms with van der Waals surface area (Å²) in [6.45, 7) is 4.41. The number of allylic oxidation sites excluding steroid dienone is 1. The minimum Gasteiger partial charge on any atom is -0.494 e. The monoisotopic (exact) mass is 493 g/mol. The lowest BCUT2D eigenvalue weighted by Crippen LogP contribution is -2.44. The molecule has 0 radical (unpaired) electrons. The number of hydrogen-bond donors (Lipinski definition) is 2. The van der Waals surface area contributed by atoms with Crippen LogP contribution in [0.25, 0.3) is 0 Å². The van der Waals surface area contributed by atoms with E-state index in [-0.39, 0.29) is 22.3 Å². The van der Waals surface area contributed by atoms with Crippen molar-refractivity contribution in [2.45, 2.75) is 26.2 Å². The third-order valence-electron chi connectivity index (χ3n) is 5.53. The van der Waals surface area contributed by atoms with E-state index < -0.39 is 23.7 Å². The molecule has 9 heteroatoms. The van der Waals surface area contributed by atoms with Crippen LogP contribution < -0.4 is 15.4 Å². The van der Waals surface area contributed by atoms with Crippen LogP contribution in [0.3, 0.4) is 0 Å². The van der Waals surface area contributed by atoms with Crippen molar-refractivity contribution in [3.05, 3.63) is 70.3 Å². The van der Waals surface area contributed by atoms with Crippen LogP contribution in [0.2, 0.25) is 0 Å². The van der Waals surface area contributed by atoms with Crippen molar-refractivity contribution in [2.24, 2.45) is 5.92 Å². The first-order chi connectivity index (χ1) is 16.9. The molecule has 1 aliphatic rings. The Labute approximate surface area is 208 Å². The number of hydrogen-bond acceptors (Lipinski definition) is 7. The molecule has 1 heterocycles. The van der Waals surface area contributed by atoms with E-state index >= 15 is 0 Å². The quantitative estimate of drug-likeness (QED) is 0.403. The topological polar surface area (TPSA) is 118 Å². The van der Waals surface area contributed by atoms with Gasteiger partial charge in [-0.1, -0.05) is 43.0 Å².